The van der Waals surface area contributed by atoms with Crippen LogP contribution in [0.4, 0.5) is 10.1 Å². The summed E-state index contributed by atoms with van der Waals surface area (Å²) in [6.07, 6.45) is 0. The van der Waals surface area contributed by atoms with Gasteiger partial charge in [-0.25, -0.2) is 9.37 Å². The van der Waals surface area contributed by atoms with Gasteiger partial charge in [-0.05, 0) is 31.2 Å². The first-order valence-electron chi connectivity index (χ1n) is 5.19. The summed E-state index contributed by atoms with van der Waals surface area (Å²) in [4.78, 5) is 4.18. The molecule has 3 nitrogen and oxygen atoms in total. The standard InChI is InChI=1S/C13H13FN2O/c1-8-3-4-10(14)9(7-8)12-6-5-11(15)13(16-12)17-2/h3-7H,15H2,1-2H3. The Kier molecular flexibility index (Phi) is 2.95. The van der Waals surface area contributed by atoms with Crippen molar-refractivity contribution in [1.82, 2.24) is 4.98 Å². The van der Waals surface area contributed by atoms with E-state index in [-0.39, 0.29) is 5.82 Å². The Morgan fingerprint density at radius 2 is 2.00 bits per heavy atom. The molecule has 4 heteroatoms. The lowest BCUT2D eigenvalue weighted by Gasteiger charge is -2.07. The monoisotopic (exact) mass is 232 g/mol. The molecule has 1 aromatic heterocycles. The third-order valence-electron chi connectivity index (χ3n) is 2.48. The number of halogens is 1. The second-order valence-corrected chi connectivity index (χ2v) is 3.78. The molecule has 0 bridgehead atoms. The molecule has 2 aromatic rings. The van der Waals surface area contributed by atoms with Crippen LogP contribution in [0.25, 0.3) is 11.3 Å². The van der Waals surface area contributed by atoms with Gasteiger partial charge in [0.05, 0.1) is 18.5 Å². The van der Waals surface area contributed by atoms with Crippen LogP contribution >= 0.6 is 0 Å². The zero-order valence-corrected chi connectivity index (χ0v) is 9.70. The molecular weight excluding hydrogens is 219 g/mol. The Balaban J connectivity index is 2.56. The largest absolute Gasteiger partial charge is 0.480 e. The quantitative estimate of drug-likeness (QED) is 0.866. The molecule has 1 heterocycles. The van der Waals surface area contributed by atoms with Crippen LogP contribution in [0.2, 0.25) is 0 Å². The summed E-state index contributed by atoms with van der Waals surface area (Å²) in [7, 11) is 1.48. The van der Waals surface area contributed by atoms with E-state index in [0.717, 1.165) is 5.56 Å². The molecule has 0 saturated carbocycles. The molecule has 0 radical (unpaired) electrons. The van der Waals surface area contributed by atoms with Crippen LogP contribution in [0.15, 0.2) is 30.3 Å². The minimum absolute atomic E-state index is 0.309. The predicted molar refractivity (Wildman–Crippen MR) is 65.3 cm³/mol. The fraction of sp³-hybridized carbons (Fsp3) is 0.154. The summed E-state index contributed by atoms with van der Waals surface area (Å²) >= 11 is 0. The molecule has 2 rings (SSSR count). The number of rotatable bonds is 2. The van der Waals surface area contributed by atoms with Crippen molar-refractivity contribution in [2.45, 2.75) is 6.92 Å². The second-order valence-electron chi connectivity index (χ2n) is 3.78. The number of benzene rings is 1. The van der Waals surface area contributed by atoms with Crippen LogP contribution in [-0.4, -0.2) is 12.1 Å². The zero-order valence-electron chi connectivity index (χ0n) is 9.70. The lowest BCUT2D eigenvalue weighted by Crippen LogP contribution is -1.97. The van der Waals surface area contributed by atoms with Crippen molar-refractivity contribution >= 4 is 5.69 Å². The van der Waals surface area contributed by atoms with Crippen LogP contribution in [0, 0.1) is 12.7 Å². The lowest BCUT2D eigenvalue weighted by atomic mass is 10.1. The van der Waals surface area contributed by atoms with Gasteiger partial charge in [0.1, 0.15) is 5.82 Å². The smallest absolute Gasteiger partial charge is 0.237 e. The fourth-order valence-corrected chi connectivity index (χ4v) is 1.60. The summed E-state index contributed by atoms with van der Waals surface area (Å²) in [6, 6.07) is 8.22. The minimum Gasteiger partial charge on any atom is -0.480 e. The number of nitrogens with zero attached hydrogens (tertiary/aromatic N) is 1. The Morgan fingerprint density at radius 1 is 1.24 bits per heavy atom. The van der Waals surface area contributed by atoms with E-state index in [1.807, 2.05) is 6.92 Å². The SMILES string of the molecule is COc1nc(-c2cc(C)ccc2F)ccc1N. The molecule has 1 aromatic carbocycles. The maximum atomic E-state index is 13.7. The number of pyridine rings is 1. The lowest BCUT2D eigenvalue weighted by molar-refractivity contribution is 0.401. The Labute approximate surface area is 99.1 Å². The molecule has 88 valence electrons. The molecule has 0 spiro atoms. The van der Waals surface area contributed by atoms with Gasteiger partial charge in [-0.1, -0.05) is 11.6 Å². The highest BCUT2D eigenvalue weighted by atomic mass is 19.1. The van der Waals surface area contributed by atoms with E-state index < -0.39 is 0 Å². The molecule has 0 unspecified atom stereocenters. The number of hydrogen-bond donors (Lipinski definition) is 1. The van der Waals surface area contributed by atoms with Crippen LogP contribution in [-0.2, 0) is 0 Å². The first-order valence-corrected chi connectivity index (χ1v) is 5.19. The van der Waals surface area contributed by atoms with Crippen molar-refractivity contribution in [3.05, 3.63) is 41.7 Å². The zero-order chi connectivity index (χ0) is 12.4. The first-order chi connectivity index (χ1) is 8.11. The molecule has 0 atom stereocenters. The van der Waals surface area contributed by atoms with Gasteiger partial charge in [0.15, 0.2) is 0 Å². The molecular formula is C13H13FN2O. The number of anilines is 1. The maximum absolute atomic E-state index is 13.7. The number of nitrogens with two attached hydrogens (primary N) is 1. The fourth-order valence-electron chi connectivity index (χ4n) is 1.60. The van der Waals surface area contributed by atoms with Crippen LogP contribution < -0.4 is 10.5 Å². The maximum Gasteiger partial charge on any atom is 0.237 e. The average Bonchev–Trinajstić information content (AvgIpc) is 2.33. The van der Waals surface area contributed by atoms with Crippen LogP contribution in [0.1, 0.15) is 5.56 Å². The Morgan fingerprint density at radius 3 is 2.71 bits per heavy atom. The molecule has 0 amide bonds. The predicted octanol–water partition coefficient (Wildman–Crippen LogP) is 2.79. The number of nitrogen functional groups attached to an aromatic ring is 1. The molecule has 17 heavy (non-hydrogen) atoms. The average molecular weight is 232 g/mol. The van der Waals surface area contributed by atoms with Crippen molar-refractivity contribution in [2.75, 3.05) is 12.8 Å². The van der Waals surface area contributed by atoms with E-state index in [9.17, 15) is 4.39 Å². The van der Waals surface area contributed by atoms with Crippen LogP contribution in [0.5, 0.6) is 5.88 Å². The summed E-state index contributed by atoms with van der Waals surface area (Å²) in [5.74, 6) is -0.00155. The number of aromatic nitrogens is 1. The molecule has 0 aliphatic carbocycles. The number of methoxy groups -OCH3 is 1. The topological polar surface area (TPSA) is 48.1 Å². The molecule has 0 aliphatic rings. The number of aryl methyl sites for hydroxylation is 1. The molecule has 0 fully saturated rings. The summed E-state index contributed by atoms with van der Waals surface area (Å²) in [5, 5.41) is 0. The first kappa shape index (κ1) is 11.4. The second kappa shape index (κ2) is 4.41. The highest BCUT2D eigenvalue weighted by Gasteiger charge is 2.09. The highest BCUT2D eigenvalue weighted by molar-refractivity contribution is 5.64. The van der Waals surface area contributed by atoms with E-state index >= 15 is 0 Å². The van der Waals surface area contributed by atoms with E-state index in [1.165, 1.54) is 13.2 Å². The van der Waals surface area contributed by atoms with E-state index in [1.54, 1.807) is 24.3 Å². The van der Waals surface area contributed by atoms with Gasteiger partial charge >= 0.3 is 0 Å². The van der Waals surface area contributed by atoms with Gasteiger partial charge in [0.25, 0.3) is 0 Å². The molecule has 0 saturated heterocycles. The Bertz CT molecular complexity index is 555. The Hall–Kier alpha value is -2.10. The summed E-state index contributed by atoms with van der Waals surface area (Å²) < 4.78 is 18.7. The van der Waals surface area contributed by atoms with Gasteiger partial charge < -0.3 is 10.5 Å². The van der Waals surface area contributed by atoms with Gasteiger partial charge in [0, 0.05) is 5.56 Å². The van der Waals surface area contributed by atoms with Crippen molar-refractivity contribution in [3.63, 3.8) is 0 Å². The van der Waals surface area contributed by atoms with E-state index in [0.29, 0.717) is 22.8 Å². The minimum atomic E-state index is -0.310. The van der Waals surface area contributed by atoms with Crippen LogP contribution in [0.3, 0.4) is 0 Å². The summed E-state index contributed by atoms with van der Waals surface area (Å²) in [6.45, 7) is 1.90. The van der Waals surface area contributed by atoms with Gasteiger partial charge in [-0.15, -0.1) is 0 Å². The van der Waals surface area contributed by atoms with Crippen molar-refractivity contribution < 1.29 is 9.13 Å². The number of ether oxygens (including phenoxy) is 1. The van der Waals surface area contributed by atoms with E-state index in [2.05, 4.69) is 4.98 Å². The normalized spacial score (nSPS) is 10.3. The van der Waals surface area contributed by atoms with Gasteiger partial charge in [-0.2, -0.15) is 0 Å². The third-order valence-corrected chi connectivity index (χ3v) is 2.48. The van der Waals surface area contributed by atoms with Crippen molar-refractivity contribution in [3.8, 4) is 17.1 Å². The molecule has 2 N–H and O–H groups in total. The number of hydrogen-bond acceptors (Lipinski definition) is 3. The van der Waals surface area contributed by atoms with E-state index in [4.69, 9.17) is 10.5 Å². The van der Waals surface area contributed by atoms with Crippen molar-refractivity contribution in [2.24, 2.45) is 0 Å². The van der Waals surface area contributed by atoms with Gasteiger partial charge in [0.2, 0.25) is 5.88 Å². The highest BCUT2D eigenvalue weighted by Crippen LogP contribution is 2.27. The summed E-state index contributed by atoms with van der Waals surface area (Å²) in [5.41, 5.74) is 8.03. The third kappa shape index (κ3) is 2.20. The van der Waals surface area contributed by atoms with Crippen molar-refractivity contribution in [1.29, 1.82) is 0 Å². The molecule has 0 aliphatic heterocycles. The van der Waals surface area contributed by atoms with Gasteiger partial charge in [-0.3, -0.25) is 0 Å².